The molecule has 50 heavy (non-hydrogen) atoms. The standard InChI is InChI=1S/C48H37NS/c1-47(2)40-22-9-6-18-38(40)45-41(47)23-13-24-43(45)49(32-26-27-35-34-16-5-8-21-39(34)48(3,4)42(35)29-32)31-15-11-14-30(28-31)33-19-12-20-37-36-17-7-10-25-44(36)50-46(33)37/h5-29H,1-4H3. The van der Waals surface area contributed by atoms with Crippen molar-refractivity contribution in [3.63, 3.8) is 0 Å². The van der Waals surface area contributed by atoms with Crippen molar-refractivity contribution in [3.05, 3.63) is 174 Å². The molecule has 0 amide bonds. The van der Waals surface area contributed by atoms with Gasteiger partial charge < -0.3 is 4.90 Å². The third-order valence-corrected chi connectivity index (χ3v) is 12.7. The lowest BCUT2D eigenvalue weighted by molar-refractivity contribution is 0.660. The fourth-order valence-corrected chi connectivity index (χ4v) is 10.2. The molecule has 0 unspecified atom stereocenters. The fourth-order valence-electron chi connectivity index (χ4n) is 8.97. The largest absolute Gasteiger partial charge is 0.310 e. The topological polar surface area (TPSA) is 3.24 Å². The zero-order valence-corrected chi connectivity index (χ0v) is 29.6. The molecule has 0 atom stereocenters. The predicted molar refractivity (Wildman–Crippen MR) is 215 cm³/mol. The molecule has 0 saturated heterocycles. The van der Waals surface area contributed by atoms with Crippen molar-refractivity contribution < 1.29 is 0 Å². The zero-order chi connectivity index (χ0) is 33.8. The summed E-state index contributed by atoms with van der Waals surface area (Å²) in [4.78, 5) is 2.52. The monoisotopic (exact) mass is 659 g/mol. The molecule has 0 fully saturated rings. The molecule has 10 rings (SSSR count). The van der Waals surface area contributed by atoms with Gasteiger partial charge in [-0.1, -0.05) is 143 Å². The second kappa shape index (κ2) is 10.5. The van der Waals surface area contributed by atoms with Crippen LogP contribution in [-0.2, 0) is 10.8 Å². The van der Waals surface area contributed by atoms with Gasteiger partial charge in [0.25, 0.3) is 0 Å². The molecule has 0 N–H and O–H groups in total. The SMILES string of the molecule is CC1(C)c2ccccc2-c2ccc(N(c3cccc(-c4cccc5c4sc4ccccc45)c3)c3cccc4c3-c3ccccc3C4(C)C)cc21. The summed E-state index contributed by atoms with van der Waals surface area (Å²) in [5.74, 6) is 0. The van der Waals surface area contributed by atoms with Crippen LogP contribution in [0, 0.1) is 0 Å². The number of nitrogens with zero attached hydrogens (tertiary/aromatic N) is 1. The minimum atomic E-state index is -0.0977. The molecule has 2 aliphatic carbocycles. The highest BCUT2D eigenvalue weighted by Gasteiger charge is 2.39. The fraction of sp³-hybridized carbons (Fsp3) is 0.125. The Morgan fingerprint density at radius 2 is 1.04 bits per heavy atom. The van der Waals surface area contributed by atoms with Crippen LogP contribution in [0.1, 0.15) is 49.9 Å². The number of rotatable bonds is 4. The number of anilines is 3. The lowest BCUT2D eigenvalue weighted by Crippen LogP contribution is -2.17. The molecule has 1 heterocycles. The van der Waals surface area contributed by atoms with Gasteiger partial charge in [-0.2, -0.15) is 0 Å². The molecule has 8 aromatic rings. The Morgan fingerprint density at radius 1 is 0.440 bits per heavy atom. The lowest BCUT2D eigenvalue weighted by atomic mass is 9.82. The van der Waals surface area contributed by atoms with Crippen molar-refractivity contribution in [1.82, 2.24) is 0 Å². The van der Waals surface area contributed by atoms with E-state index in [0.29, 0.717) is 0 Å². The van der Waals surface area contributed by atoms with E-state index in [1.54, 1.807) is 0 Å². The van der Waals surface area contributed by atoms with Gasteiger partial charge >= 0.3 is 0 Å². The van der Waals surface area contributed by atoms with Crippen molar-refractivity contribution in [1.29, 1.82) is 0 Å². The quantitative estimate of drug-likeness (QED) is 0.182. The maximum absolute atomic E-state index is 2.52. The van der Waals surface area contributed by atoms with Crippen LogP contribution in [0.2, 0.25) is 0 Å². The molecule has 1 aromatic heterocycles. The molecule has 0 bridgehead atoms. The van der Waals surface area contributed by atoms with E-state index in [2.05, 4.69) is 184 Å². The van der Waals surface area contributed by atoms with Crippen molar-refractivity contribution in [2.45, 2.75) is 38.5 Å². The van der Waals surface area contributed by atoms with Gasteiger partial charge in [-0.25, -0.2) is 0 Å². The van der Waals surface area contributed by atoms with E-state index in [-0.39, 0.29) is 10.8 Å². The minimum absolute atomic E-state index is 0.0894. The summed E-state index contributed by atoms with van der Waals surface area (Å²) in [7, 11) is 0. The third kappa shape index (κ3) is 4.06. The van der Waals surface area contributed by atoms with Gasteiger partial charge in [0, 0.05) is 47.9 Å². The number of hydrogen-bond donors (Lipinski definition) is 0. The number of fused-ring (bicyclic) bond motifs is 9. The van der Waals surface area contributed by atoms with Crippen molar-refractivity contribution in [2.24, 2.45) is 0 Å². The van der Waals surface area contributed by atoms with Crippen molar-refractivity contribution in [2.75, 3.05) is 4.90 Å². The van der Waals surface area contributed by atoms with Gasteiger partial charge in [-0.15, -0.1) is 11.3 Å². The van der Waals surface area contributed by atoms with Gasteiger partial charge in [0.2, 0.25) is 0 Å². The van der Waals surface area contributed by atoms with Gasteiger partial charge in [-0.05, 0) is 86.5 Å². The molecule has 0 saturated carbocycles. The molecule has 240 valence electrons. The molecular weight excluding hydrogens is 623 g/mol. The first kappa shape index (κ1) is 29.5. The smallest absolute Gasteiger partial charge is 0.0543 e. The van der Waals surface area contributed by atoms with Crippen LogP contribution in [0.5, 0.6) is 0 Å². The van der Waals surface area contributed by atoms with Gasteiger partial charge in [-0.3, -0.25) is 0 Å². The first-order valence-corrected chi connectivity index (χ1v) is 18.4. The lowest BCUT2D eigenvalue weighted by Gasteiger charge is -2.30. The molecule has 0 radical (unpaired) electrons. The van der Waals surface area contributed by atoms with Gasteiger partial charge in [0.05, 0.1) is 5.69 Å². The molecule has 0 spiro atoms. The summed E-state index contributed by atoms with van der Waals surface area (Å²) in [5, 5.41) is 2.65. The summed E-state index contributed by atoms with van der Waals surface area (Å²) >= 11 is 1.89. The summed E-state index contributed by atoms with van der Waals surface area (Å²) in [6, 6.07) is 56.7. The summed E-state index contributed by atoms with van der Waals surface area (Å²) in [6.45, 7) is 9.48. The van der Waals surface area contributed by atoms with E-state index in [1.165, 1.54) is 87.2 Å². The second-order valence-corrected chi connectivity index (χ2v) is 16.0. The van der Waals surface area contributed by atoms with Crippen LogP contribution in [0.3, 0.4) is 0 Å². The van der Waals surface area contributed by atoms with Crippen LogP contribution in [0.4, 0.5) is 17.1 Å². The molecule has 7 aromatic carbocycles. The van der Waals surface area contributed by atoms with E-state index in [9.17, 15) is 0 Å². The van der Waals surface area contributed by atoms with E-state index in [4.69, 9.17) is 0 Å². The highest BCUT2D eigenvalue weighted by atomic mass is 32.1. The Bertz CT molecular complexity index is 2670. The van der Waals surface area contributed by atoms with Crippen LogP contribution < -0.4 is 4.90 Å². The summed E-state index contributed by atoms with van der Waals surface area (Å²) < 4.78 is 2.67. The molecule has 2 heteroatoms. The van der Waals surface area contributed by atoms with E-state index >= 15 is 0 Å². The zero-order valence-electron chi connectivity index (χ0n) is 28.8. The van der Waals surface area contributed by atoms with Crippen molar-refractivity contribution >= 4 is 48.6 Å². The maximum atomic E-state index is 2.52. The van der Waals surface area contributed by atoms with Crippen molar-refractivity contribution in [3.8, 4) is 33.4 Å². The molecule has 1 nitrogen and oxygen atoms in total. The van der Waals surface area contributed by atoms with E-state index in [1.807, 2.05) is 11.3 Å². The Kier molecular flexibility index (Phi) is 6.21. The van der Waals surface area contributed by atoms with Crippen LogP contribution in [-0.4, -0.2) is 0 Å². The molecular formula is C48H37NS. The minimum Gasteiger partial charge on any atom is -0.310 e. The Hall–Kier alpha value is -5.44. The average molecular weight is 660 g/mol. The first-order chi connectivity index (χ1) is 24.3. The highest BCUT2D eigenvalue weighted by molar-refractivity contribution is 7.26. The van der Waals surface area contributed by atoms with Crippen LogP contribution in [0.15, 0.2) is 152 Å². The number of hydrogen-bond acceptors (Lipinski definition) is 2. The van der Waals surface area contributed by atoms with Crippen LogP contribution in [0.25, 0.3) is 53.6 Å². The Morgan fingerprint density at radius 3 is 1.90 bits per heavy atom. The number of thiophene rings is 1. The first-order valence-electron chi connectivity index (χ1n) is 17.6. The maximum Gasteiger partial charge on any atom is 0.0543 e. The summed E-state index contributed by atoms with van der Waals surface area (Å²) in [5.41, 5.74) is 16.7. The molecule has 0 aliphatic heterocycles. The predicted octanol–water partition coefficient (Wildman–Crippen LogP) is 13.8. The van der Waals surface area contributed by atoms with E-state index in [0.717, 1.165) is 5.69 Å². The van der Waals surface area contributed by atoms with E-state index < -0.39 is 0 Å². The molecule has 2 aliphatic rings. The highest BCUT2D eigenvalue weighted by Crippen LogP contribution is 2.56. The number of benzene rings is 7. The summed E-state index contributed by atoms with van der Waals surface area (Å²) in [6.07, 6.45) is 0. The third-order valence-electron chi connectivity index (χ3n) is 11.5. The Labute approximate surface area is 298 Å². The van der Waals surface area contributed by atoms with Gasteiger partial charge in [0.15, 0.2) is 0 Å². The average Bonchev–Trinajstić information content (AvgIpc) is 3.72. The van der Waals surface area contributed by atoms with Gasteiger partial charge in [0.1, 0.15) is 0 Å². The Balaban J connectivity index is 1.22. The second-order valence-electron chi connectivity index (χ2n) is 14.9. The van der Waals surface area contributed by atoms with Crippen LogP contribution >= 0.6 is 11.3 Å². The normalized spacial score (nSPS) is 14.7.